The number of para-hydroxylation sites is 1. The van der Waals surface area contributed by atoms with Gasteiger partial charge in [-0.15, -0.1) is 13.2 Å². The Kier molecular flexibility index (Phi) is 3.89. The van der Waals surface area contributed by atoms with Crippen LogP contribution >= 0.6 is 0 Å². The van der Waals surface area contributed by atoms with Crippen LogP contribution < -0.4 is 10.1 Å². The van der Waals surface area contributed by atoms with Gasteiger partial charge in [-0.2, -0.15) is 13.2 Å². The minimum Gasteiger partial charge on any atom is -0.406 e. The topological polar surface area (TPSA) is 38.3 Å². The van der Waals surface area contributed by atoms with Crippen LogP contribution in [0.15, 0.2) is 42.5 Å². The van der Waals surface area contributed by atoms with Crippen molar-refractivity contribution in [2.24, 2.45) is 0 Å². The number of halogens is 6. The van der Waals surface area contributed by atoms with E-state index in [0.717, 1.165) is 18.2 Å². The molecule has 2 aromatic rings. The molecular weight excluding hydrogens is 352 g/mol. The first-order chi connectivity index (χ1) is 11.6. The molecule has 0 saturated carbocycles. The number of ether oxygens (including phenoxy) is 1. The molecule has 2 aromatic carbocycles. The molecule has 1 N–H and O–H groups in total. The number of anilines is 1. The number of hydrogen-bond donors (Lipinski definition) is 1. The lowest BCUT2D eigenvalue weighted by atomic mass is 9.91. The first-order valence-electron chi connectivity index (χ1n) is 6.93. The first-order valence-corrected chi connectivity index (χ1v) is 6.93. The van der Waals surface area contributed by atoms with Crippen molar-refractivity contribution >= 4 is 11.6 Å². The van der Waals surface area contributed by atoms with Gasteiger partial charge in [0.25, 0.3) is 0 Å². The average Bonchev–Trinajstić information content (AvgIpc) is 2.81. The third kappa shape index (κ3) is 3.40. The summed E-state index contributed by atoms with van der Waals surface area (Å²) in [4.78, 5) is 12.1. The van der Waals surface area contributed by atoms with Gasteiger partial charge >= 0.3 is 12.5 Å². The summed E-state index contributed by atoms with van der Waals surface area (Å²) in [6.07, 6.45) is -9.50. The lowest BCUT2D eigenvalue weighted by Gasteiger charge is -2.13. The summed E-state index contributed by atoms with van der Waals surface area (Å²) in [5, 5.41) is 2.20. The van der Waals surface area contributed by atoms with Crippen molar-refractivity contribution in [3.05, 3.63) is 59.2 Å². The van der Waals surface area contributed by atoms with Crippen LogP contribution in [0.5, 0.6) is 5.75 Å². The Bertz CT molecular complexity index is 811. The monoisotopic (exact) mass is 361 g/mol. The number of alkyl halides is 6. The van der Waals surface area contributed by atoms with Gasteiger partial charge in [-0.05, 0) is 29.3 Å². The van der Waals surface area contributed by atoms with Crippen molar-refractivity contribution in [1.29, 1.82) is 0 Å². The van der Waals surface area contributed by atoms with E-state index < -0.39 is 35.7 Å². The van der Waals surface area contributed by atoms with E-state index in [1.807, 2.05) is 0 Å². The van der Waals surface area contributed by atoms with E-state index in [9.17, 15) is 31.1 Å². The van der Waals surface area contributed by atoms with Crippen molar-refractivity contribution in [2.45, 2.75) is 18.5 Å². The molecule has 0 fully saturated rings. The third-order valence-electron chi connectivity index (χ3n) is 3.67. The molecule has 0 bridgehead atoms. The summed E-state index contributed by atoms with van der Waals surface area (Å²) in [5.74, 6) is -2.22. The molecule has 132 valence electrons. The van der Waals surface area contributed by atoms with E-state index in [1.165, 1.54) is 24.3 Å². The molecule has 3 rings (SSSR count). The molecule has 1 aliphatic rings. The Hall–Kier alpha value is -2.71. The maximum atomic E-state index is 13.0. The number of benzene rings is 2. The van der Waals surface area contributed by atoms with Crippen LogP contribution in [-0.4, -0.2) is 12.3 Å². The van der Waals surface area contributed by atoms with Crippen molar-refractivity contribution < 1.29 is 35.9 Å². The van der Waals surface area contributed by atoms with E-state index in [1.54, 1.807) is 0 Å². The predicted molar refractivity (Wildman–Crippen MR) is 75.0 cm³/mol. The van der Waals surface area contributed by atoms with Crippen molar-refractivity contribution in [1.82, 2.24) is 0 Å². The standard InChI is InChI=1S/C16H9F6NO2/c17-15(18,19)11-3-1-2-10-12(14(24)23-13(10)11)8-4-6-9(7-5-8)25-16(20,21)22/h1-7,12H,(H,23,24). The quantitative estimate of drug-likeness (QED) is 0.789. The molecule has 25 heavy (non-hydrogen) atoms. The van der Waals surface area contributed by atoms with Crippen LogP contribution in [0.1, 0.15) is 22.6 Å². The van der Waals surface area contributed by atoms with Gasteiger partial charge < -0.3 is 10.1 Å². The maximum absolute atomic E-state index is 13.0. The lowest BCUT2D eigenvalue weighted by molar-refractivity contribution is -0.274. The van der Waals surface area contributed by atoms with Gasteiger partial charge in [-0.25, -0.2) is 0 Å². The Morgan fingerprint density at radius 2 is 1.56 bits per heavy atom. The maximum Gasteiger partial charge on any atom is 0.573 e. The fourth-order valence-corrected chi connectivity index (χ4v) is 2.72. The molecule has 0 aliphatic carbocycles. The fraction of sp³-hybridized carbons (Fsp3) is 0.188. The van der Waals surface area contributed by atoms with Crippen LogP contribution in [0.25, 0.3) is 0 Å². The van der Waals surface area contributed by atoms with Crippen molar-refractivity contribution in [3.8, 4) is 5.75 Å². The third-order valence-corrected chi connectivity index (χ3v) is 3.67. The summed E-state index contributed by atoms with van der Waals surface area (Å²) in [6, 6.07) is 7.82. The minimum absolute atomic E-state index is 0.115. The first kappa shape index (κ1) is 17.1. The number of hydrogen-bond acceptors (Lipinski definition) is 2. The highest BCUT2D eigenvalue weighted by molar-refractivity contribution is 6.05. The predicted octanol–water partition coefficient (Wildman–Crippen LogP) is 4.69. The Morgan fingerprint density at radius 1 is 0.920 bits per heavy atom. The number of nitrogens with one attached hydrogen (secondary N) is 1. The Balaban J connectivity index is 1.97. The number of carbonyl (C=O) groups excluding carboxylic acids is 1. The highest BCUT2D eigenvalue weighted by Crippen LogP contribution is 2.44. The summed E-state index contributed by atoms with van der Waals surface area (Å²) in [6.45, 7) is 0. The molecule has 1 atom stereocenters. The smallest absolute Gasteiger partial charge is 0.406 e. The summed E-state index contributed by atoms with van der Waals surface area (Å²) in [7, 11) is 0. The highest BCUT2D eigenvalue weighted by Gasteiger charge is 2.41. The number of carbonyl (C=O) groups is 1. The molecule has 0 spiro atoms. The molecule has 3 nitrogen and oxygen atoms in total. The van der Waals surface area contributed by atoms with Gasteiger partial charge in [-0.1, -0.05) is 24.3 Å². The van der Waals surface area contributed by atoms with Gasteiger partial charge in [0.1, 0.15) is 5.75 Å². The Labute approximate surface area is 137 Å². The molecule has 1 aliphatic heterocycles. The van der Waals surface area contributed by atoms with Gasteiger partial charge in [0.15, 0.2) is 0 Å². The molecule has 1 heterocycles. The highest BCUT2D eigenvalue weighted by atomic mass is 19.4. The summed E-state index contributed by atoms with van der Waals surface area (Å²) < 4.78 is 79.3. The normalized spacial score (nSPS) is 17.2. The van der Waals surface area contributed by atoms with E-state index in [-0.39, 0.29) is 16.8 Å². The lowest BCUT2D eigenvalue weighted by Crippen LogP contribution is -2.17. The zero-order chi connectivity index (χ0) is 18.4. The van der Waals surface area contributed by atoms with Crippen molar-refractivity contribution in [2.75, 3.05) is 5.32 Å². The van der Waals surface area contributed by atoms with Crippen LogP contribution in [0.4, 0.5) is 32.0 Å². The number of amides is 1. The van der Waals surface area contributed by atoms with Gasteiger partial charge in [0.2, 0.25) is 5.91 Å². The number of rotatable bonds is 2. The summed E-state index contributed by atoms with van der Waals surface area (Å²) >= 11 is 0. The van der Waals surface area contributed by atoms with Crippen LogP contribution in [0.3, 0.4) is 0 Å². The van der Waals surface area contributed by atoms with E-state index in [0.29, 0.717) is 0 Å². The molecule has 0 saturated heterocycles. The molecule has 9 heteroatoms. The number of fused-ring (bicyclic) bond motifs is 1. The average molecular weight is 361 g/mol. The summed E-state index contributed by atoms with van der Waals surface area (Å²) in [5.41, 5.74) is -0.937. The second-order valence-corrected chi connectivity index (χ2v) is 5.31. The minimum atomic E-state index is -4.86. The van der Waals surface area contributed by atoms with Gasteiger partial charge in [-0.3, -0.25) is 4.79 Å². The second kappa shape index (κ2) is 5.68. The van der Waals surface area contributed by atoms with Crippen LogP contribution in [-0.2, 0) is 11.0 Å². The second-order valence-electron chi connectivity index (χ2n) is 5.31. The molecule has 0 aromatic heterocycles. The molecule has 1 unspecified atom stereocenters. The SMILES string of the molecule is O=C1Nc2c(cccc2C(F)(F)F)C1c1ccc(OC(F)(F)F)cc1. The largest absolute Gasteiger partial charge is 0.573 e. The zero-order valence-electron chi connectivity index (χ0n) is 12.2. The molecule has 0 radical (unpaired) electrons. The zero-order valence-corrected chi connectivity index (χ0v) is 12.2. The van der Waals surface area contributed by atoms with Gasteiger partial charge in [0, 0.05) is 0 Å². The van der Waals surface area contributed by atoms with E-state index in [2.05, 4.69) is 10.1 Å². The molecular formula is C16H9F6NO2. The van der Waals surface area contributed by atoms with Gasteiger partial charge in [0.05, 0.1) is 17.2 Å². The Morgan fingerprint density at radius 3 is 2.12 bits per heavy atom. The van der Waals surface area contributed by atoms with E-state index >= 15 is 0 Å². The molecule has 1 amide bonds. The van der Waals surface area contributed by atoms with E-state index in [4.69, 9.17) is 0 Å². The fourth-order valence-electron chi connectivity index (χ4n) is 2.72. The van der Waals surface area contributed by atoms with Crippen LogP contribution in [0.2, 0.25) is 0 Å². The van der Waals surface area contributed by atoms with Crippen LogP contribution in [0, 0.1) is 0 Å². The van der Waals surface area contributed by atoms with Crippen molar-refractivity contribution in [3.63, 3.8) is 0 Å².